The van der Waals surface area contributed by atoms with Crippen molar-refractivity contribution in [3.8, 4) is 5.75 Å². The molecule has 0 aromatic heterocycles. The van der Waals surface area contributed by atoms with Crippen LogP contribution in [-0.4, -0.2) is 13.7 Å². The topological polar surface area (TPSA) is 21.3 Å². The Morgan fingerprint density at radius 2 is 2.05 bits per heavy atom. The van der Waals surface area contributed by atoms with Gasteiger partial charge >= 0.3 is 0 Å². The molecule has 5 heteroatoms. The van der Waals surface area contributed by atoms with Gasteiger partial charge in [0.25, 0.3) is 0 Å². The van der Waals surface area contributed by atoms with Crippen LogP contribution in [0, 0.1) is 9.39 Å². The predicted octanol–water partition coefficient (Wildman–Crippen LogP) is 4.79. The van der Waals surface area contributed by atoms with Gasteiger partial charge in [-0.3, -0.25) is 0 Å². The summed E-state index contributed by atoms with van der Waals surface area (Å²) in [6.07, 6.45) is 0. The van der Waals surface area contributed by atoms with Crippen LogP contribution in [0.3, 0.4) is 0 Å². The van der Waals surface area contributed by atoms with E-state index in [0.29, 0.717) is 10.8 Å². The van der Waals surface area contributed by atoms with E-state index < -0.39 is 0 Å². The summed E-state index contributed by atoms with van der Waals surface area (Å²) in [6.45, 7) is 2.83. The summed E-state index contributed by atoms with van der Waals surface area (Å²) in [5.41, 5.74) is 2.05. The Bertz CT molecular complexity index is 636. The molecule has 0 spiro atoms. The van der Waals surface area contributed by atoms with Gasteiger partial charge in [-0.05, 0) is 64.5 Å². The molecular weight excluding hydrogens is 404 g/mol. The van der Waals surface area contributed by atoms with Crippen LogP contribution >= 0.6 is 34.2 Å². The van der Waals surface area contributed by atoms with Gasteiger partial charge in [0.1, 0.15) is 11.6 Å². The van der Waals surface area contributed by atoms with E-state index in [-0.39, 0.29) is 11.9 Å². The highest BCUT2D eigenvalue weighted by molar-refractivity contribution is 14.1. The Hall–Kier alpha value is -0.850. The lowest BCUT2D eigenvalue weighted by molar-refractivity contribution is 0.414. The maximum Gasteiger partial charge on any atom is 0.137 e. The molecule has 0 saturated carbocycles. The van der Waals surface area contributed by atoms with Crippen LogP contribution in [0.1, 0.15) is 24.1 Å². The van der Waals surface area contributed by atoms with Crippen LogP contribution in [0.15, 0.2) is 36.4 Å². The zero-order valence-electron chi connectivity index (χ0n) is 11.8. The molecule has 0 saturated heterocycles. The molecule has 2 nitrogen and oxygen atoms in total. The zero-order chi connectivity index (χ0) is 15.4. The highest BCUT2D eigenvalue weighted by Gasteiger charge is 2.17. The van der Waals surface area contributed by atoms with E-state index in [1.54, 1.807) is 7.11 Å². The summed E-state index contributed by atoms with van der Waals surface area (Å²) < 4.78 is 19.4. The molecule has 112 valence electrons. The number of methoxy groups -OCH3 is 1. The second-order valence-electron chi connectivity index (χ2n) is 4.55. The van der Waals surface area contributed by atoms with Gasteiger partial charge < -0.3 is 10.1 Å². The summed E-state index contributed by atoms with van der Waals surface area (Å²) in [5.74, 6) is 0.413. The standard InChI is InChI=1S/C16H16ClFINO/c1-3-20-16(12-6-5-11(18)9-14(12)19)10-4-7-15(21-2)13(17)8-10/h4-9,16,20H,3H2,1-2H3. The Balaban J connectivity index is 2.45. The summed E-state index contributed by atoms with van der Waals surface area (Å²) >= 11 is 8.36. The maximum absolute atomic E-state index is 13.3. The zero-order valence-corrected chi connectivity index (χ0v) is 14.7. The van der Waals surface area contributed by atoms with Gasteiger partial charge in [0, 0.05) is 3.57 Å². The van der Waals surface area contributed by atoms with E-state index in [2.05, 4.69) is 27.9 Å². The van der Waals surface area contributed by atoms with Crippen molar-refractivity contribution < 1.29 is 9.13 Å². The van der Waals surface area contributed by atoms with Crippen molar-refractivity contribution in [1.29, 1.82) is 0 Å². The van der Waals surface area contributed by atoms with E-state index in [9.17, 15) is 4.39 Å². The molecule has 0 radical (unpaired) electrons. The van der Waals surface area contributed by atoms with Gasteiger partial charge in [-0.2, -0.15) is 0 Å². The fourth-order valence-corrected chi connectivity index (χ4v) is 3.26. The summed E-state index contributed by atoms with van der Waals surface area (Å²) in [5, 5.41) is 3.98. The molecule has 0 aliphatic heterocycles. The first-order valence-corrected chi connectivity index (χ1v) is 8.04. The number of ether oxygens (including phenoxy) is 1. The molecule has 0 amide bonds. The molecule has 2 aromatic carbocycles. The van der Waals surface area contributed by atoms with E-state index in [1.807, 2.05) is 31.2 Å². The van der Waals surface area contributed by atoms with Crippen LogP contribution < -0.4 is 10.1 Å². The van der Waals surface area contributed by atoms with Crippen molar-refractivity contribution in [2.24, 2.45) is 0 Å². The largest absolute Gasteiger partial charge is 0.495 e. The molecule has 1 N–H and O–H groups in total. The normalized spacial score (nSPS) is 12.2. The minimum absolute atomic E-state index is 0.0362. The predicted molar refractivity (Wildman–Crippen MR) is 92.6 cm³/mol. The molecule has 0 fully saturated rings. The average molecular weight is 420 g/mol. The first kappa shape index (κ1) is 16.5. The van der Waals surface area contributed by atoms with E-state index in [4.69, 9.17) is 16.3 Å². The number of hydrogen-bond donors (Lipinski definition) is 1. The summed E-state index contributed by atoms with van der Waals surface area (Å²) in [7, 11) is 1.59. The van der Waals surface area contributed by atoms with Gasteiger partial charge in [0.15, 0.2) is 0 Å². The quantitative estimate of drug-likeness (QED) is 0.704. The Labute approximate surface area is 142 Å². The molecule has 0 aliphatic rings. The van der Waals surface area contributed by atoms with Crippen LogP contribution in [0.5, 0.6) is 5.75 Å². The number of hydrogen-bond acceptors (Lipinski definition) is 2. The van der Waals surface area contributed by atoms with E-state index >= 15 is 0 Å². The smallest absolute Gasteiger partial charge is 0.137 e. The van der Waals surface area contributed by atoms with Crippen molar-refractivity contribution >= 4 is 34.2 Å². The molecular formula is C16H16ClFINO. The van der Waals surface area contributed by atoms with Crippen molar-refractivity contribution in [2.75, 3.05) is 13.7 Å². The number of benzene rings is 2. The third-order valence-corrected chi connectivity index (χ3v) is 4.42. The fraction of sp³-hybridized carbons (Fsp3) is 0.250. The molecule has 2 rings (SSSR count). The monoisotopic (exact) mass is 419 g/mol. The Morgan fingerprint density at radius 1 is 1.29 bits per heavy atom. The van der Waals surface area contributed by atoms with Gasteiger partial charge in [-0.1, -0.05) is 30.7 Å². The fourth-order valence-electron chi connectivity index (χ4n) is 2.21. The average Bonchev–Trinajstić information content (AvgIpc) is 2.45. The van der Waals surface area contributed by atoms with Crippen molar-refractivity contribution in [1.82, 2.24) is 5.32 Å². The summed E-state index contributed by atoms with van der Waals surface area (Å²) in [4.78, 5) is 0. The van der Waals surface area contributed by atoms with E-state index in [1.165, 1.54) is 12.1 Å². The lowest BCUT2D eigenvalue weighted by atomic mass is 9.98. The molecule has 2 aromatic rings. The third kappa shape index (κ3) is 3.87. The van der Waals surface area contributed by atoms with Crippen molar-refractivity contribution in [3.05, 3.63) is 61.9 Å². The van der Waals surface area contributed by atoms with Crippen LogP contribution in [0.2, 0.25) is 5.02 Å². The first-order chi connectivity index (χ1) is 10.1. The van der Waals surface area contributed by atoms with Crippen LogP contribution in [-0.2, 0) is 0 Å². The lowest BCUT2D eigenvalue weighted by Crippen LogP contribution is -2.23. The second-order valence-corrected chi connectivity index (χ2v) is 6.12. The molecule has 0 aliphatic carbocycles. The van der Waals surface area contributed by atoms with Crippen LogP contribution in [0.4, 0.5) is 4.39 Å². The Morgan fingerprint density at radius 3 is 2.62 bits per heavy atom. The number of rotatable bonds is 5. The van der Waals surface area contributed by atoms with Gasteiger partial charge in [0.2, 0.25) is 0 Å². The van der Waals surface area contributed by atoms with Crippen LogP contribution in [0.25, 0.3) is 0 Å². The maximum atomic E-state index is 13.3. The summed E-state index contributed by atoms with van der Waals surface area (Å²) in [6, 6.07) is 10.5. The highest BCUT2D eigenvalue weighted by atomic mass is 127. The molecule has 0 bridgehead atoms. The molecule has 21 heavy (non-hydrogen) atoms. The Kier molecular flexibility index (Phi) is 5.84. The molecule has 0 heterocycles. The number of nitrogens with one attached hydrogen (secondary N) is 1. The van der Waals surface area contributed by atoms with Gasteiger partial charge in [0.05, 0.1) is 18.2 Å². The van der Waals surface area contributed by atoms with Crippen molar-refractivity contribution in [2.45, 2.75) is 13.0 Å². The van der Waals surface area contributed by atoms with Gasteiger partial charge in [-0.25, -0.2) is 4.39 Å². The number of halogens is 3. The minimum atomic E-state index is -0.230. The van der Waals surface area contributed by atoms with Gasteiger partial charge in [-0.15, -0.1) is 0 Å². The third-order valence-electron chi connectivity index (χ3n) is 3.19. The van der Waals surface area contributed by atoms with Crippen molar-refractivity contribution in [3.63, 3.8) is 0 Å². The first-order valence-electron chi connectivity index (χ1n) is 6.58. The SMILES string of the molecule is CCNC(c1ccc(OC)c(Cl)c1)c1ccc(F)cc1I. The molecule has 1 unspecified atom stereocenters. The lowest BCUT2D eigenvalue weighted by Gasteiger charge is -2.21. The van der Waals surface area contributed by atoms with E-state index in [0.717, 1.165) is 21.2 Å². The highest BCUT2D eigenvalue weighted by Crippen LogP contribution is 2.32. The second kappa shape index (κ2) is 7.42. The molecule has 1 atom stereocenters. The minimum Gasteiger partial charge on any atom is -0.495 e.